The third-order valence-electron chi connectivity index (χ3n) is 5.96. The Bertz CT molecular complexity index is 1150. The van der Waals surface area contributed by atoms with Crippen LogP contribution in [0.15, 0.2) is 36.5 Å². The number of nitrogens with one attached hydrogen (secondary N) is 1. The molecule has 1 saturated carbocycles. The van der Waals surface area contributed by atoms with Gasteiger partial charge in [0.25, 0.3) is 0 Å². The molecule has 1 aliphatic heterocycles. The largest absolute Gasteiger partial charge is 0.573 e. The third-order valence-corrected chi connectivity index (χ3v) is 6.93. The summed E-state index contributed by atoms with van der Waals surface area (Å²) in [6.45, 7) is 1.15. The van der Waals surface area contributed by atoms with E-state index >= 15 is 0 Å². The van der Waals surface area contributed by atoms with E-state index in [-0.39, 0.29) is 5.75 Å². The molecule has 1 saturated heterocycles. The minimum Gasteiger partial charge on any atom is -0.441 e. The van der Waals surface area contributed by atoms with Gasteiger partial charge in [-0.3, -0.25) is 4.90 Å². The van der Waals surface area contributed by atoms with Crippen molar-refractivity contribution in [1.29, 1.82) is 0 Å². The zero-order valence-corrected chi connectivity index (χ0v) is 18.2. The predicted octanol–water partition coefficient (Wildman–Crippen LogP) is 4.98. The second-order valence-electron chi connectivity index (χ2n) is 8.24. The van der Waals surface area contributed by atoms with E-state index in [0.29, 0.717) is 40.2 Å². The van der Waals surface area contributed by atoms with Gasteiger partial charge in [0.1, 0.15) is 11.4 Å². The lowest BCUT2D eigenvalue weighted by Crippen LogP contribution is -2.39. The normalized spacial score (nSPS) is 23.2. The summed E-state index contributed by atoms with van der Waals surface area (Å²) >= 11 is 1.28. The van der Waals surface area contributed by atoms with Gasteiger partial charge in [-0.25, -0.2) is 9.78 Å². The molecule has 0 bridgehead atoms. The molecule has 3 heterocycles. The van der Waals surface area contributed by atoms with Crippen LogP contribution in [-0.2, 0) is 4.74 Å². The maximum atomic E-state index is 12.4. The highest BCUT2D eigenvalue weighted by Gasteiger charge is 2.48. The SMILES string of the molecule is O=C1O[C@]2(CC[C@H](CNc3nc4ccc(OC(F)(F)F)cc4s3)CC2)CN1c1cccnn1. The number of thiazole rings is 1. The van der Waals surface area contributed by atoms with E-state index in [1.54, 1.807) is 18.3 Å². The molecule has 1 aromatic carbocycles. The number of carbonyl (C=O) groups excluding carboxylic acids is 1. The van der Waals surface area contributed by atoms with Crippen molar-refractivity contribution in [2.75, 3.05) is 23.3 Å². The molecule has 0 unspecified atom stereocenters. The Morgan fingerprint density at radius 3 is 2.82 bits per heavy atom. The van der Waals surface area contributed by atoms with Crippen LogP contribution in [0.4, 0.5) is 28.9 Å². The lowest BCUT2D eigenvalue weighted by molar-refractivity contribution is -0.274. The molecular weight excluding hydrogens is 459 g/mol. The number of anilines is 2. The number of aromatic nitrogens is 3. The van der Waals surface area contributed by atoms with Crippen LogP contribution in [0.5, 0.6) is 5.75 Å². The number of ether oxygens (including phenoxy) is 2. The Morgan fingerprint density at radius 2 is 2.09 bits per heavy atom. The fourth-order valence-corrected chi connectivity index (χ4v) is 5.22. The maximum Gasteiger partial charge on any atom is 0.573 e. The van der Waals surface area contributed by atoms with E-state index in [0.717, 1.165) is 25.7 Å². The Labute approximate surface area is 190 Å². The highest BCUT2D eigenvalue weighted by molar-refractivity contribution is 7.22. The molecule has 3 aromatic rings. The summed E-state index contributed by atoms with van der Waals surface area (Å²) in [7, 11) is 0. The minimum absolute atomic E-state index is 0.260. The van der Waals surface area contributed by atoms with Gasteiger partial charge < -0.3 is 14.8 Å². The monoisotopic (exact) mass is 479 g/mol. The third kappa shape index (κ3) is 4.80. The number of rotatable bonds is 5. The van der Waals surface area contributed by atoms with Crippen LogP contribution in [0.2, 0.25) is 0 Å². The van der Waals surface area contributed by atoms with Gasteiger partial charge >= 0.3 is 12.5 Å². The average Bonchev–Trinajstić information content (AvgIpc) is 3.33. The molecule has 33 heavy (non-hydrogen) atoms. The zero-order valence-electron chi connectivity index (χ0n) is 17.3. The molecule has 0 atom stereocenters. The number of amides is 1. The molecule has 1 amide bonds. The first-order chi connectivity index (χ1) is 15.8. The maximum absolute atomic E-state index is 12.4. The summed E-state index contributed by atoms with van der Waals surface area (Å²) < 4.78 is 47.6. The van der Waals surface area contributed by atoms with Crippen LogP contribution >= 0.6 is 11.3 Å². The first kappa shape index (κ1) is 21.7. The number of carbonyl (C=O) groups is 1. The standard InChI is InChI=1S/C21H20F3N5O3S/c22-21(23,24)31-14-3-4-15-16(10-14)33-18(27-15)25-11-13-5-7-20(8-6-13)12-29(19(30)32-20)17-2-1-9-26-28-17/h1-4,9-10,13H,5-8,11-12H2,(H,25,27)/t13-,20-. The molecule has 2 fully saturated rings. The Kier molecular flexibility index (Phi) is 5.47. The first-order valence-corrected chi connectivity index (χ1v) is 11.3. The molecule has 12 heteroatoms. The van der Waals surface area contributed by atoms with Gasteiger partial charge in [-0.2, -0.15) is 5.10 Å². The topological polar surface area (TPSA) is 89.5 Å². The van der Waals surface area contributed by atoms with Gasteiger partial charge in [0, 0.05) is 18.8 Å². The van der Waals surface area contributed by atoms with Crippen molar-refractivity contribution in [2.24, 2.45) is 5.92 Å². The number of fused-ring (bicyclic) bond motifs is 1. The Balaban J connectivity index is 1.16. The van der Waals surface area contributed by atoms with E-state index in [1.807, 2.05) is 0 Å². The van der Waals surface area contributed by atoms with Gasteiger partial charge in [0.2, 0.25) is 0 Å². The molecule has 2 aromatic heterocycles. The van der Waals surface area contributed by atoms with E-state index in [1.165, 1.54) is 34.4 Å². The summed E-state index contributed by atoms with van der Waals surface area (Å²) in [5, 5.41) is 11.8. The average molecular weight is 479 g/mol. The van der Waals surface area contributed by atoms with Crippen LogP contribution in [0.3, 0.4) is 0 Å². The molecule has 0 radical (unpaired) electrons. The van der Waals surface area contributed by atoms with Crippen LogP contribution in [0, 0.1) is 5.92 Å². The van der Waals surface area contributed by atoms with Gasteiger partial charge in [-0.1, -0.05) is 11.3 Å². The van der Waals surface area contributed by atoms with Crippen LogP contribution in [0.25, 0.3) is 10.2 Å². The summed E-state index contributed by atoms with van der Waals surface area (Å²) in [4.78, 5) is 18.3. The Hall–Kier alpha value is -3.15. The minimum atomic E-state index is -4.73. The lowest BCUT2D eigenvalue weighted by Gasteiger charge is -2.35. The van der Waals surface area contributed by atoms with Crippen molar-refractivity contribution in [3.8, 4) is 5.75 Å². The van der Waals surface area contributed by atoms with E-state index in [4.69, 9.17) is 4.74 Å². The van der Waals surface area contributed by atoms with Crippen molar-refractivity contribution in [3.63, 3.8) is 0 Å². The van der Waals surface area contributed by atoms with Crippen molar-refractivity contribution in [1.82, 2.24) is 15.2 Å². The first-order valence-electron chi connectivity index (χ1n) is 10.5. The highest BCUT2D eigenvalue weighted by atomic mass is 32.1. The van der Waals surface area contributed by atoms with Crippen LogP contribution < -0.4 is 15.0 Å². The molecule has 2 aliphatic rings. The van der Waals surface area contributed by atoms with Crippen molar-refractivity contribution < 1.29 is 27.4 Å². The molecule has 1 N–H and O–H groups in total. The number of hydrogen-bond acceptors (Lipinski definition) is 8. The fraction of sp³-hybridized carbons (Fsp3) is 0.429. The van der Waals surface area contributed by atoms with Gasteiger partial charge in [0.05, 0.1) is 16.8 Å². The molecule has 5 rings (SSSR count). The highest BCUT2D eigenvalue weighted by Crippen LogP contribution is 2.40. The molecule has 1 spiro atoms. The number of halogens is 3. The van der Waals surface area contributed by atoms with Crippen molar-refractivity contribution in [3.05, 3.63) is 36.5 Å². The number of alkyl halides is 3. The summed E-state index contributed by atoms with van der Waals surface area (Å²) in [6.07, 6.45) is -0.308. The van der Waals surface area contributed by atoms with Crippen molar-refractivity contribution >= 4 is 38.6 Å². The smallest absolute Gasteiger partial charge is 0.441 e. The van der Waals surface area contributed by atoms with Gasteiger partial charge in [-0.15, -0.1) is 18.3 Å². The molecule has 8 nitrogen and oxygen atoms in total. The van der Waals surface area contributed by atoms with E-state index in [9.17, 15) is 18.0 Å². The summed E-state index contributed by atoms with van der Waals surface area (Å²) in [5.74, 6) is 0.600. The predicted molar refractivity (Wildman–Crippen MR) is 115 cm³/mol. The van der Waals surface area contributed by atoms with E-state index < -0.39 is 18.1 Å². The molecule has 1 aliphatic carbocycles. The number of hydrogen-bond donors (Lipinski definition) is 1. The summed E-state index contributed by atoms with van der Waals surface area (Å²) in [6, 6.07) is 7.58. The Morgan fingerprint density at radius 1 is 1.27 bits per heavy atom. The summed E-state index contributed by atoms with van der Waals surface area (Å²) in [5.41, 5.74) is 0.108. The quantitative estimate of drug-likeness (QED) is 0.552. The second-order valence-corrected chi connectivity index (χ2v) is 9.27. The number of benzene rings is 1. The van der Waals surface area contributed by atoms with E-state index in [2.05, 4.69) is 25.2 Å². The van der Waals surface area contributed by atoms with Gasteiger partial charge in [-0.05, 0) is 55.9 Å². The van der Waals surface area contributed by atoms with Crippen LogP contribution in [-0.4, -0.2) is 46.3 Å². The fourth-order valence-electron chi connectivity index (χ4n) is 4.31. The zero-order chi connectivity index (χ0) is 23.1. The lowest BCUT2D eigenvalue weighted by atomic mass is 9.78. The van der Waals surface area contributed by atoms with Crippen molar-refractivity contribution in [2.45, 2.75) is 37.6 Å². The molecule has 174 valence electrons. The number of nitrogens with zero attached hydrogens (tertiary/aromatic N) is 4. The second kappa shape index (κ2) is 8.32. The molecular formula is C21H20F3N5O3S. The van der Waals surface area contributed by atoms with Crippen LogP contribution in [0.1, 0.15) is 25.7 Å². The van der Waals surface area contributed by atoms with Gasteiger partial charge in [0.15, 0.2) is 10.9 Å².